The fraction of sp³-hybridized carbons (Fsp3) is 0.0625. The van der Waals surface area contributed by atoms with Crippen LogP contribution in [0.3, 0.4) is 0 Å². The third-order valence-corrected chi connectivity index (χ3v) is 2.78. The average molecular weight is 294 g/mol. The summed E-state index contributed by atoms with van der Waals surface area (Å²) in [4.78, 5) is 11.8. The maximum Gasteiger partial charge on any atom is 0.419 e. The van der Waals surface area contributed by atoms with Crippen LogP contribution in [0.4, 0.5) is 17.6 Å². The number of halogens is 4. The SMILES string of the molecule is O=C(C=Cc1ccccc1)c1ccc(F)c(C(F)(F)F)c1. The Morgan fingerprint density at radius 2 is 1.67 bits per heavy atom. The summed E-state index contributed by atoms with van der Waals surface area (Å²) in [5.74, 6) is -2.02. The van der Waals surface area contributed by atoms with Crippen LogP contribution in [0.5, 0.6) is 0 Å². The monoisotopic (exact) mass is 294 g/mol. The maximum atomic E-state index is 13.1. The van der Waals surface area contributed by atoms with Crippen molar-refractivity contribution in [1.82, 2.24) is 0 Å². The van der Waals surface area contributed by atoms with Gasteiger partial charge in [0.15, 0.2) is 5.78 Å². The molecule has 108 valence electrons. The number of rotatable bonds is 3. The lowest BCUT2D eigenvalue weighted by Crippen LogP contribution is -2.09. The first-order chi connectivity index (χ1) is 9.88. The van der Waals surface area contributed by atoms with E-state index in [2.05, 4.69) is 0 Å². The Morgan fingerprint density at radius 1 is 1.00 bits per heavy atom. The lowest BCUT2D eigenvalue weighted by Gasteiger charge is -2.08. The van der Waals surface area contributed by atoms with Crippen LogP contribution in [-0.4, -0.2) is 5.78 Å². The van der Waals surface area contributed by atoms with Gasteiger partial charge < -0.3 is 0 Å². The van der Waals surface area contributed by atoms with Crippen molar-refractivity contribution in [3.05, 3.63) is 77.1 Å². The van der Waals surface area contributed by atoms with Gasteiger partial charge in [-0.25, -0.2) is 4.39 Å². The Hall–Kier alpha value is -2.43. The Morgan fingerprint density at radius 3 is 2.29 bits per heavy atom. The van der Waals surface area contributed by atoms with E-state index in [0.29, 0.717) is 12.1 Å². The molecule has 0 unspecified atom stereocenters. The van der Waals surface area contributed by atoms with Gasteiger partial charge in [-0.15, -0.1) is 0 Å². The highest BCUT2D eigenvalue weighted by molar-refractivity contribution is 6.06. The molecule has 2 rings (SSSR count). The first kappa shape index (κ1) is 15.0. The number of carbonyl (C=O) groups excluding carboxylic acids is 1. The summed E-state index contributed by atoms with van der Waals surface area (Å²) in [7, 11) is 0. The zero-order chi connectivity index (χ0) is 15.5. The summed E-state index contributed by atoms with van der Waals surface area (Å²) in [6.07, 6.45) is -2.19. The van der Waals surface area contributed by atoms with Gasteiger partial charge in [0.05, 0.1) is 5.56 Å². The summed E-state index contributed by atoms with van der Waals surface area (Å²) >= 11 is 0. The lowest BCUT2D eigenvalue weighted by atomic mass is 10.1. The molecule has 0 fully saturated rings. The standard InChI is InChI=1S/C16H10F4O/c17-14-8-7-12(10-13(14)16(18,19)20)15(21)9-6-11-4-2-1-3-5-11/h1-10H. The van der Waals surface area contributed by atoms with Gasteiger partial charge >= 0.3 is 6.18 Å². The van der Waals surface area contributed by atoms with Crippen LogP contribution < -0.4 is 0 Å². The number of benzene rings is 2. The molecular weight excluding hydrogens is 284 g/mol. The number of carbonyl (C=O) groups is 1. The third kappa shape index (κ3) is 3.78. The molecule has 0 aromatic heterocycles. The van der Waals surface area contributed by atoms with Gasteiger partial charge in [-0.05, 0) is 29.8 Å². The van der Waals surface area contributed by atoms with E-state index in [4.69, 9.17) is 0 Å². The number of ketones is 1. The van der Waals surface area contributed by atoms with Crippen molar-refractivity contribution in [2.24, 2.45) is 0 Å². The highest BCUT2D eigenvalue weighted by Crippen LogP contribution is 2.32. The van der Waals surface area contributed by atoms with E-state index in [9.17, 15) is 22.4 Å². The number of hydrogen-bond acceptors (Lipinski definition) is 1. The predicted octanol–water partition coefficient (Wildman–Crippen LogP) is 4.74. The normalized spacial score (nSPS) is 11.8. The second kappa shape index (κ2) is 5.91. The number of hydrogen-bond donors (Lipinski definition) is 0. The van der Waals surface area contributed by atoms with Crippen molar-refractivity contribution in [3.63, 3.8) is 0 Å². The Bertz CT molecular complexity index is 672. The predicted molar refractivity (Wildman–Crippen MR) is 71.2 cm³/mol. The summed E-state index contributed by atoms with van der Waals surface area (Å²) < 4.78 is 50.9. The van der Waals surface area contributed by atoms with Crippen LogP contribution in [0.2, 0.25) is 0 Å². The Labute approximate surface area is 118 Å². The third-order valence-electron chi connectivity index (χ3n) is 2.78. The van der Waals surface area contributed by atoms with Crippen LogP contribution in [0.25, 0.3) is 6.08 Å². The van der Waals surface area contributed by atoms with Gasteiger partial charge in [-0.2, -0.15) is 13.2 Å². The molecule has 1 nitrogen and oxygen atoms in total. The molecule has 2 aromatic carbocycles. The molecule has 0 aliphatic carbocycles. The minimum absolute atomic E-state index is 0.212. The molecule has 21 heavy (non-hydrogen) atoms. The summed E-state index contributed by atoms with van der Waals surface area (Å²) in [6.45, 7) is 0. The molecule has 0 saturated heterocycles. The highest BCUT2D eigenvalue weighted by atomic mass is 19.4. The zero-order valence-corrected chi connectivity index (χ0v) is 10.7. The summed E-state index contributed by atoms with van der Waals surface area (Å²) in [6, 6.07) is 11.0. The van der Waals surface area contributed by atoms with Crippen molar-refractivity contribution >= 4 is 11.9 Å². The number of alkyl halides is 3. The molecule has 0 radical (unpaired) electrons. The van der Waals surface area contributed by atoms with Crippen molar-refractivity contribution < 1.29 is 22.4 Å². The van der Waals surface area contributed by atoms with Crippen molar-refractivity contribution in [3.8, 4) is 0 Å². The van der Waals surface area contributed by atoms with Crippen LogP contribution in [0.1, 0.15) is 21.5 Å². The molecule has 0 amide bonds. The van der Waals surface area contributed by atoms with E-state index in [1.807, 2.05) is 0 Å². The molecule has 0 saturated carbocycles. The average Bonchev–Trinajstić information content (AvgIpc) is 2.45. The molecule has 0 N–H and O–H groups in total. The van der Waals surface area contributed by atoms with Gasteiger partial charge in [0.2, 0.25) is 0 Å². The molecule has 0 aliphatic heterocycles. The van der Waals surface area contributed by atoms with Crippen LogP contribution in [0, 0.1) is 5.82 Å². The van der Waals surface area contributed by atoms with E-state index in [1.165, 1.54) is 6.08 Å². The van der Waals surface area contributed by atoms with Gasteiger partial charge in [0.25, 0.3) is 0 Å². The highest BCUT2D eigenvalue weighted by Gasteiger charge is 2.34. The fourth-order valence-electron chi connectivity index (χ4n) is 1.73. The minimum Gasteiger partial charge on any atom is -0.289 e. The lowest BCUT2D eigenvalue weighted by molar-refractivity contribution is -0.140. The van der Waals surface area contributed by atoms with E-state index in [-0.39, 0.29) is 5.56 Å². The molecule has 0 spiro atoms. The first-order valence-corrected chi connectivity index (χ1v) is 6.02. The van der Waals surface area contributed by atoms with E-state index >= 15 is 0 Å². The second-order valence-electron chi connectivity index (χ2n) is 4.30. The van der Waals surface area contributed by atoms with Gasteiger partial charge in [-0.3, -0.25) is 4.79 Å². The minimum atomic E-state index is -4.83. The molecule has 0 atom stereocenters. The Balaban J connectivity index is 2.26. The molecule has 0 bridgehead atoms. The van der Waals surface area contributed by atoms with Crippen molar-refractivity contribution in [2.45, 2.75) is 6.18 Å². The topological polar surface area (TPSA) is 17.1 Å². The molecule has 2 aromatic rings. The van der Waals surface area contributed by atoms with Gasteiger partial charge in [0.1, 0.15) is 5.82 Å². The molecule has 5 heteroatoms. The fourth-order valence-corrected chi connectivity index (χ4v) is 1.73. The van der Waals surface area contributed by atoms with Crippen LogP contribution in [0.15, 0.2) is 54.6 Å². The van der Waals surface area contributed by atoms with Crippen molar-refractivity contribution in [1.29, 1.82) is 0 Å². The van der Waals surface area contributed by atoms with Gasteiger partial charge in [0, 0.05) is 5.56 Å². The van der Waals surface area contributed by atoms with E-state index < -0.39 is 23.3 Å². The first-order valence-electron chi connectivity index (χ1n) is 6.02. The summed E-state index contributed by atoms with van der Waals surface area (Å²) in [5, 5.41) is 0. The largest absolute Gasteiger partial charge is 0.419 e. The molecule has 0 aliphatic rings. The maximum absolute atomic E-state index is 13.1. The second-order valence-corrected chi connectivity index (χ2v) is 4.30. The molecule has 0 heterocycles. The summed E-state index contributed by atoms with van der Waals surface area (Å²) in [5.41, 5.74) is -0.915. The smallest absolute Gasteiger partial charge is 0.289 e. The van der Waals surface area contributed by atoms with E-state index in [0.717, 1.165) is 17.7 Å². The molecular formula is C16H10F4O. The van der Waals surface area contributed by atoms with Crippen LogP contribution >= 0.6 is 0 Å². The zero-order valence-electron chi connectivity index (χ0n) is 10.7. The quantitative estimate of drug-likeness (QED) is 0.454. The van der Waals surface area contributed by atoms with Crippen molar-refractivity contribution in [2.75, 3.05) is 0 Å². The van der Waals surface area contributed by atoms with Crippen LogP contribution in [-0.2, 0) is 6.18 Å². The van der Waals surface area contributed by atoms with E-state index in [1.54, 1.807) is 30.3 Å². The Kier molecular flexibility index (Phi) is 4.21. The number of allylic oxidation sites excluding steroid dienone is 1. The van der Waals surface area contributed by atoms with Gasteiger partial charge in [-0.1, -0.05) is 36.4 Å².